The number of rotatable bonds is 3. The van der Waals surface area contributed by atoms with E-state index in [1.165, 1.54) is 0 Å². The van der Waals surface area contributed by atoms with Crippen molar-refractivity contribution in [2.45, 2.75) is 26.3 Å². The van der Waals surface area contributed by atoms with Crippen molar-refractivity contribution in [2.24, 2.45) is 5.41 Å². The number of amides is 1. The van der Waals surface area contributed by atoms with E-state index in [9.17, 15) is 9.90 Å². The molecule has 0 aromatic heterocycles. The molecule has 1 aromatic carbocycles. The largest absolute Gasteiger partial charge is 0.508 e. The van der Waals surface area contributed by atoms with E-state index < -0.39 is 0 Å². The van der Waals surface area contributed by atoms with Gasteiger partial charge in [-0.25, -0.2) is 0 Å². The lowest BCUT2D eigenvalue weighted by Crippen LogP contribution is -2.42. The van der Waals surface area contributed by atoms with Gasteiger partial charge in [-0.1, -0.05) is 18.2 Å². The highest BCUT2D eigenvalue weighted by atomic mass is 16.3. The minimum absolute atomic E-state index is 0.133. The van der Waals surface area contributed by atoms with Gasteiger partial charge in [0, 0.05) is 19.2 Å². The van der Waals surface area contributed by atoms with Gasteiger partial charge in [-0.15, -0.1) is 0 Å². The number of para-hydroxylation sites is 1. The molecule has 1 aliphatic rings. The van der Waals surface area contributed by atoms with Crippen molar-refractivity contribution in [3.63, 3.8) is 0 Å². The normalized spacial score (nSPS) is 24.2. The van der Waals surface area contributed by atoms with Crippen LogP contribution in [-0.4, -0.2) is 36.1 Å². The topological polar surface area (TPSA) is 52.6 Å². The van der Waals surface area contributed by atoms with Crippen molar-refractivity contribution >= 4 is 5.91 Å². The number of nitrogens with zero attached hydrogens (tertiary/aromatic N) is 1. The van der Waals surface area contributed by atoms with Gasteiger partial charge in [0.25, 0.3) is 0 Å². The Bertz CT molecular complexity index is 467. The molecule has 19 heavy (non-hydrogen) atoms. The fourth-order valence-electron chi connectivity index (χ4n) is 2.65. The van der Waals surface area contributed by atoms with E-state index in [4.69, 9.17) is 0 Å². The van der Waals surface area contributed by atoms with Crippen LogP contribution in [0.25, 0.3) is 0 Å². The Kier molecular flexibility index (Phi) is 3.80. The molecule has 1 aliphatic heterocycles. The minimum atomic E-state index is -0.326. The highest BCUT2D eigenvalue weighted by Crippen LogP contribution is 2.33. The maximum atomic E-state index is 12.6. The third-order valence-corrected chi connectivity index (χ3v) is 4.17. The lowest BCUT2D eigenvalue weighted by atomic mass is 9.87. The second-order valence-electron chi connectivity index (χ2n) is 5.64. The molecule has 0 aliphatic carbocycles. The lowest BCUT2D eigenvalue weighted by molar-refractivity contribution is -0.140. The van der Waals surface area contributed by atoms with E-state index in [0.717, 1.165) is 25.1 Å². The lowest BCUT2D eigenvalue weighted by Gasteiger charge is -2.33. The van der Waals surface area contributed by atoms with Gasteiger partial charge in [-0.05, 0) is 32.9 Å². The van der Waals surface area contributed by atoms with Gasteiger partial charge in [0.1, 0.15) is 5.75 Å². The first-order valence-electron chi connectivity index (χ1n) is 6.71. The van der Waals surface area contributed by atoms with Crippen molar-refractivity contribution in [1.29, 1.82) is 0 Å². The monoisotopic (exact) mass is 262 g/mol. The van der Waals surface area contributed by atoms with Crippen LogP contribution in [0.15, 0.2) is 24.3 Å². The molecule has 1 heterocycles. The van der Waals surface area contributed by atoms with Crippen LogP contribution < -0.4 is 5.32 Å². The van der Waals surface area contributed by atoms with E-state index in [-0.39, 0.29) is 23.1 Å². The summed E-state index contributed by atoms with van der Waals surface area (Å²) >= 11 is 0. The van der Waals surface area contributed by atoms with E-state index in [0.29, 0.717) is 0 Å². The number of carbonyl (C=O) groups is 1. The number of benzene rings is 1. The summed E-state index contributed by atoms with van der Waals surface area (Å²) < 4.78 is 0. The van der Waals surface area contributed by atoms with E-state index >= 15 is 0 Å². The van der Waals surface area contributed by atoms with Gasteiger partial charge >= 0.3 is 0 Å². The number of carbonyl (C=O) groups excluding carboxylic acids is 1. The fourth-order valence-corrected chi connectivity index (χ4v) is 2.65. The predicted octanol–water partition coefficient (Wildman–Crippen LogP) is 1.91. The predicted molar refractivity (Wildman–Crippen MR) is 74.9 cm³/mol. The van der Waals surface area contributed by atoms with Crippen LogP contribution >= 0.6 is 0 Å². The van der Waals surface area contributed by atoms with Crippen molar-refractivity contribution < 1.29 is 9.90 Å². The standard InChI is InChI=1S/C15H22N2O2/c1-11(12-6-4-5-7-13(12)18)17(3)14(19)15(2)8-9-16-10-15/h4-7,11,16,18H,8-10H2,1-3H3. The Hall–Kier alpha value is -1.55. The number of nitrogens with one attached hydrogen (secondary N) is 1. The number of hydrogen-bond acceptors (Lipinski definition) is 3. The smallest absolute Gasteiger partial charge is 0.230 e. The first kappa shape index (κ1) is 13.9. The molecule has 0 bridgehead atoms. The van der Waals surface area contributed by atoms with Crippen LogP contribution in [-0.2, 0) is 4.79 Å². The van der Waals surface area contributed by atoms with Crippen LogP contribution in [0, 0.1) is 5.41 Å². The molecule has 2 N–H and O–H groups in total. The highest BCUT2D eigenvalue weighted by molar-refractivity contribution is 5.83. The third-order valence-electron chi connectivity index (χ3n) is 4.17. The molecule has 1 amide bonds. The first-order valence-corrected chi connectivity index (χ1v) is 6.71. The van der Waals surface area contributed by atoms with E-state index in [1.807, 2.05) is 33.0 Å². The first-order chi connectivity index (χ1) is 8.96. The molecule has 2 rings (SSSR count). The van der Waals surface area contributed by atoms with Crippen LogP contribution in [0.4, 0.5) is 0 Å². The van der Waals surface area contributed by atoms with Crippen molar-refractivity contribution in [3.8, 4) is 5.75 Å². The summed E-state index contributed by atoms with van der Waals surface area (Å²) in [7, 11) is 1.81. The molecule has 4 heteroatoms. The summed E-state index contributed by atoms with van der Waals surface area (Å²) in [6.45, 7) is 5.56. The molecule has 1 fully saturated rings. The molecular weight excluding hydrogens is 240 g/mol. The van der Waals surface area contributed by atoms with Gasteiger partial charge in [0.2, 0.25) is 5.91 Å². The Morgan fingerprint density at radius 2 is 2.16 bits per heavy atom. The van der Waals surface area contributed by atoms with E-state index in [2.05, 4.69) is 5.32 Å². The summed E-state index contributed by atoms with van der Waals surface area (Å²) in [6.07, 6.45) is 0.865. The van der Waals surface area contributed by atoms with Crippen molar-refractivity contribution in [3.05, 3.63) is 29.8 Å². The maximum Gasteiger partial charge on any atom is 0.230 e. The summed E-state index contributed by atoms with van der Waals surface area (Å²) in [5, 5.41) is 13.1. The highest BCUT2D eigenvalue weighted by Gasteiger charge is 2.39. The number of aromatic hydroxyl groups is 1. The zero-order valence-corrected chi connectivity index (χ0v) is 11.8. The van der Waals surface area contributed by atoms with Crippen molar-refractivity contribution in [2.75, 3.05) is 20.1 Å². The second-order valence-corrected chi connectivity index (χ2v) is 5.64. The minimum Gasteiger partial charge on any atom is -0.508 e. The molecule has 4 nitrogen and oxygen atoms in total. The molecule has 0 saturated carbocycles. The Balaban J connectivity index is 2.17. The second kappa shape index (κ2) is 5.21. The number of hydrogen-bond donors (Lipinski definition) is 2. The summed E-state index contributed by atoms with van der Waals surface area (Å²) in [6, 6.07) is 7.05. The molecule has 2 atom stereocenters. The summed E-state index contributed by atoms with van der Waals surface area (Å²) in [5.74, 6) is 0.373. The molecule has 104 valence electrons. The van der Waals surface area contributed by atoms with Gasteiger partial charge in [-0.2, -0.15) is 0 Å². The maximum absolute atomic E-state index is 12.6. The van der Waals surface area contributed by atoms with Crippen LogP contribution in [0.1, 0.15) is 31.9 Å². The molecule has 0 spiro atoms. The number of phenolic OH excluding ortho intramolecular Hbond substituents is 1. The molecular formula is C15H22N2O2. The molecule has 1 aromatic rings. The van der Waals surface area contributed by atoms with E-state index in [1.54, 1.807) is 17.0 Å². The van der Waals surface area contributed by atoms with Gasteiger partial charge in [-0.3, -0.25) is 4.79 Å². The Morgan fingerprint density at radius 3 is 2.74 bits per heavy atom. The molecule has 2 unspecified atom stereocenters. The Morgan fingerprint density at radius 1 is 1.47 bits per heavy atom. The fraction of sp³-hybridized carbons (Fsp3) is 0.533. The summed E-state index contributed by atoms with van der Waals surface area (Å²) in [5.41, 5.74) is 0.459. The average Bonchev–Trinajstić information content (AvgIpc) is 2.85. The van der Waals surface area contributed by atoms with Gasteiger partial charge in [0.15, 0.2) is 0 Å². The van der Waals surface area contributed by atoms with Crippen LogP contribution in [0.5, 0.6) is 5.75 Å². The van der Waals surface area contributed by atoms with Crippen LogP contribution in [0.2, 0.25) is 0 Å². The quantitative estimate of drug-likeness (QED) is 0.875. The van der Waals surface area contributed by atoms with Gasteiger partial charge in [0.05, 0.1) is 11.5 Å². The zero-order chi connectivity index (χ0) is 14.0. The van der Waals surface area contributed by atoms with Gasteiger partial charge < -0.3 is 15.3 Å². The average molecular weight is 262 g/mol. The Labute approximate surface area is 114 Å². The summed E-state index contributed by atoms with van der Waals surface area (Å²) in [4.78, 5) is 14.3. The van der Waals surface area contributed by atoms with Crippen molar-refractivity contribution in [1.82, 2.24) is 10.2 Å². The molecule has 0 radical (unpaired) electrons. The number of phenols is 1. The SMILES string of the molecule is CC(c1ccccc1O)N(C)C(=O)C1(C)CCNC1. The zero-order valence-electron chi connectivity index (χ0n) is 11.8. The third kappa shape index (κ3) is 2.59. The molecule has 1 saturated heterocycles. The van der Waals surface area contributed by atoms with Crippen LogP contribution in [0.3, 0.4) is 0 Å².